The highest BCUT2D eigenvalue weighted by Crippen LogP contribution is 2.39. The molecule has 0 fully saturated rings. The van der Waals surface area contributed by atoms with Crippen LogP contribution < -0.4 is 10.9 Å². The zero-order valence-electron chi connectivity index (χ0n) is 12.9. The maximum Gasteiger partial charge on any atom is 0.336 e. The van der Waals surface area contributed by atoms with Gasteiger partial charge in [-0.3, -0.25) is 9.78 Å². The first-order valence-corrected chi connectivity index (χ1v) is 7.51. The zero-order chi connectivity index (χ0) is 17.4. The Bertz CT molecular complexity index is 960. The topological polar surface area (TPSA) is 87.0 Å². The van der Waals surface area contributed by atoms with Gasteiger partial charge in [0.1, 0.15) is 11.6 Å². The van der Waals surface area contributed by atoms with Crippen LogP contribution in [-0.4, -0.2) is 23.0 Å². The lowest BCUT2D eigenvalue weighted by Crippen LogP contribution is -2.30. The first kappa shape index (κ1) is 16.1. The van der Waals surface area contributed by atoms with Gasteiger partial charge in [0, 0.05) is 5.70 Å². The lowest BCUT2D eigenvalue weighted by molar-refractivity contribution is -0.136. The zero-order valence-corrected chi connectivity index (χ0v) is 13.7. The molecule has 1 aliphatic rings. The molecule has 0 saturated heterocycles. The Morgan fingerprint density at radius 1 is 1.25 bits per heavy atom. The Morgan fingerprint density at radius 3 is 2.54 bits per heavy atom. The summed E-state index contributed by atoms with van der Waals surface area (Å²) >= 11 is 4.99. The average molecular weight is 347 g/mol. The fourth-order valence-electron chi connectivity index (χ4n) is 2.86. The summed E-state index contributed by atoms with van der Waals surface area (Å²) in [6.07, 6.45) is 0. The molecular formula is C16H14FN3O3S. The van der Waals surface area contributed by atoms with E-state index < -0.39 is 23.3 Å². The van der Waals surface area contributed by atoms with E-state index in [-0.39, 0.29) is 10.3 Å². The van der Waals surface area contributed by atoms with Gasteiger partial charge in [0.05, 0.1) is 24.2 Å². The molecule has 0 aliphatic carbocycles. The Labute approximate surface area is 141 Å². The van der Waals surface area contributed by atoms with E-state index in [0.29, 0.717) is 22.6 Å². The number of rotatable bonds is 2. The van der Waals surface area contributed by atoms with Crippen LogP contribution in [0.4, 0.5) is 10.2 Å². The van der Waals surface area contributed by atoms with Crippen LogP contribution in [0.3, 0.4) is 0 Å². The summed E-state index contributed by atoms with van der Waals surface area (Å²) in [6.45, 7) is 1.70. The molecule has 0 saturated carbocycles. The number of esters is 1. The van der Waals surface area contributed by atoms with Crippen LogP contribution in [0.15, 0.2) is 40.3 Å². The van der Waals surface area contributed by atoms with Crippen LogP contribution >= 0.6 is 12.2 Å². The number of anilines is 1. The van der Waals surface area contributed by atoms with Gasteiger partial charge < -0.3 is 15.0 Å². The molecule has 3 rings (SSSR count). The minimum absolute atomic E-state index is 0.165. The van der Waals surface area contributed by atoms with Crippen molar-refractivity contribution in [2.24, 2.45) is 0 Å². The number of carbonyl (C=O) groups excluding carboxylic acids is 1. The normalized spacial score (nSPS) is 16.4. The second kappa shape index (κ2) is 6.04. The van der Waals surface area contributed by atoms with Crippen LogP contribution in [0.2, 0.25) is 0 Å². The number of aromatic amines is 2. The number of ether oxygens (including phenoxy) is 1. The summed E-state index contributed by atoms with van der Waals surface area (Å²) in [5.74, 6) is -1.27. The number of nitrogens with one attached hydrogen (secondary N) is 3. The van der Waals surface area contributed by atoms with Crippen LogP contribution in [0.1, 0.15) is 24.0 Å². The van der Waals surface area contributed by atoms with Crippen LogP contribution in [0.5, 0.6) is 0 Å². The molecule has 124 valence electrons. The predicted octanol–water partition coefficient (Wildman–Crippen LogP) is 2.58. The number of aromatic nitrogens is 2. The van der Waals surface area contributed by atoms with Crippen LogP contribution in [0, 0.1) is 10.6 Å². The van der Waals surface area contributed by atoms with Crippen molar-refractivity contribution in [2.45, 2.75) is 12.8 Å². The van der Waals surface area contributed by atoms with Gasteiger partial charge in [-0.2, -0.15) is 0 Å². The van der Waals surface area contributed by atoms with Gasteiger partial charge in [0.25, 0.3) is 5.56 Å². The molecule has 1 aromatic heterocycles. The number of carbonyl (C=O) groups is 1. The predicted molar refractivity (Wildman–Crippen MR) is 88.8 cm³/mol. The van der Waals surface area contributed by atoms with Crippen molar-refractivity contribution in [3.63, 3.8) is 0 Å². The summed E-state index contributed by atoms with van der Waals surface area (Å²) in [6, 6.07) is 5.62. The molecule has 6 nitrogen and oxygen atoms in total. The highest BCUT2D eigenvalue weighted by Gasteiger charge is 2.35. The minimum atomic E-state index is -0.704. The van der Waals surface area contributed by atoms with E-state index in [1.165, 1.54) is 31.4 Å². The van der Waals surface area contributed by atoms with Gasteiger partial charge in [0.2, 0.25) is 0 Å². The highest BCUT2D eigenvalue weighted by atomic mass is 32.1. The molecule has 0 amide bonds. The highest BCUT2D eigenvalue weighted by molar-refractivity contribution is 7.71. The Hall–Kier alpha value is -2.74. The van der Waals surface area contributed by atoms with Gasteiger partial charge in [-0.1, -0.05) is 12.1 Å². The van der Waals surface area contributed by atoms with Gasteiger partial charge in [-0.25, -0.2) is 9.18 Å². The summed E-state index contributed by atoms with van der Waals surface area (Å²) in [5, 5.41) is 2.98. The molecule has 2 heterocycles. The molecule has 3 N–H and O–H groups in total. The summed E-state index contributed by atoms with van der Waals surface area (Å²) < 4.78 is 18.3. The maximum atomic E-state index is 13.3. The summed E-state index contributed by atoms with van der Waals surface area (Å²) in [7, 11) is 1.27. The monoisotopic (exact) mass is 347 g/mol. The average Bonchev–Trinajstić information content (AvgIpc) is 2.53. The lowest BCUT2D eigenvalue weighted by Gasteiger charge is -2.28. The number of halogens is 1. The smallest absolute Gasteiger partial charge is 0.336 e. The van der Waals surface area contributed by atoms with Gasteiger partial charge in [-0.15, -0.1) is 0 Å². The molecule has 0 radical (unpaired) electrons. The van der Waals surface area contributed by atoms with Gasteiger partial charge >= 0.3 is 5.97 Å². The van der Waals surface area contributed by atoms with Crippen molar-refractivity contribution in [1.29, 1.82) is 0 Å². The largest absolute Gasteiger partial charge is 0.466 e. The second-order valence-corrected chi connectivity index (χ2v) is 5.74. The number of benzene rings is 1. The molecular weight excluding hydrogens is 333 g/mol. The molecule has 2 aromatic rings. The number of H-pyrrole nitrogens is 2. The van der Waals surface area contributed by atoms with Crippen LogP contribution in [-0.2, 0) is 9.53 Å². The van der Waals surface area contributed by atoms with Gasteiger partial charge in [0.15, 0.2) is 4.77 Å². The molecule has 1 aliphatic heterocycles. The van der Waals surface area contributed by atoms with E-state index >= 15 is 0 Å². The van der Waals surface area contributed by atoms with E-state index in [4.69, 9.17) is 17.0 Å². The number of hydrogen-bond donors (Lipinski definition) is 3. The quantitative estimate of drug-likeness (QED) is 0.574. The van der Waals surface area contributed by atoms with Crippen molar-refractivity contribution in [1.82, 2.24) is 9.97 Å². The Kier molecular flexibility index (Phi) is 4.06. The van der Waals surface area contributed by atoms with Crippen molar-refractivity contribution in [3.05, 3.63) is 67.6 Å². The van der Waals surface area contributed by atoms with E-state index in [2.05, 4.69) is 15.3 Å². The molecule has 24 heavy (non-hydrogen) atoms. The van der Waals surface area contributed by atoms with Crippen molar-refractivity contribution < 1.29 is 13.9 Å². The molecule has 1 aromatic carbocycles. The third-order valence-corrected chi connectivity index (χ3v) is 4.09. The molecule has 0 spiro atoms. The van der Waals surface area contributed by atoms with Crippen molar-refractivity contribution in [2.75, 3.05) is 12.4 Å². The minimum Gasteiger partial charge on any atom is -0.466 e. The third kappa shape index (κ3) is 2.65. The molecule has 1 atom stereocenters. The van der Waals surface area contributed by atoms with Crippen molar-refractivity contribution in [3.8, 4) is 0 Å². The Balaban J connectivity index is 2.31. The number of methoxy groups -OCH3 is 1. The molecule has 0 bridgehead atoms. The number of fused-ring (bicyclic) bond motifs is 1. The third-order valence-electron chi connectivity index (χ3n) is 3.88. The van der Waals surface area contributed by atoms with E-state index in [0.717, 1.165) is 0 Å². The van der Waals surface area contributed by atoms with E-state index in [9.17, 15) is 14.0 Å². The van der Waals surface area contributed by atoms with Crippen molar-refractivity contribution >= 4 is 24.0 Å². The number of hydrogen-bond acceptors (Lipinski definition) is 5. The van der Waals surface area contributed by atoms with E-state index in [1.807, 2.05) is 0 Å². The molecule has 0 unspecified atom stereocenters. The fraction of sp³-hybridized carbons (Fsp3) is 0.188. The standard InChI is InChI=1S/C16H14FN3O3S/c1-7-10(15(22)23-2)11(8-3-5-9(17)6-4-8)12-13(18-7)19-16(24)20-14(12)21/h3-6,11H,1-2H3,(H3,18,19,20,21,24)/t11-/m1/s1. The number of allylic oxidation sites excluding steroid dienone is 1. The fourth-order valence-corrected chi connectivity index (χ4v) is 3.05. The SMILES string of the molecule is COC(=O)C1=C(C)Nc2[nH]c(=S)[nH]c(=O)c2[C@@H]1c1ccc(F)cc1. The summed E-state index contributed by atoms with van der Waals surface area (Å²) in [5.41, 5.74) is 1.27. The Morgan fingerprint density at radius 2 is 1.92 bits per heavy atom. The van der Waals surface area contributed by atoms with Gasteiger partial charge in [-0.05, 0) is 36.8 Å². The maximum absolute atomic E-state index is 13.3. The lowest BCUT2D eigenvalue weighted by atomic mass is 9.82. The second-order valence-electron chi connectivity index (χ2n) is 5.34. The molecule has 8 heteroatoms. The van der Waals surface area contributed by atoms with Crippen LogP contribution in [0.25, 0.3) is 0 Å². The van der Waals surface area contributed by atoms with E-state index in [1.54, 1.807) is 6.92 Å². The summed E-state index contributed by atoms with van der Waals surface area (Å²) in [4.78, 5) is 30.1. The first-order chi connectivity index (χ1) is 11.4. The first-order valence-electron chi connectivity index (χ1n) is 7.10.